The molecular weight excluding hydrogens is 286 g/mol. The zero-order valence-corrected chi connectivity index (χ0v) is 13.0. The van der Waals surface area contributed by atoms with E-state index < -0.39 is 12.1 Å². The van der Waals surface area contributed by atoms with Crippen molar-refractivity contribution < 1.29 is 14.3 Å². The molecule has 1 atom stereocenters. The number of aryl methyl sites for hydroxylation is 2. The third-order valence-electron chi connectivity index (χ3n) is 3.14. The second-order valence-electron chi connectivity index (χ2n) is 4.82. The number of nitrogens with one attached hydrogen (secondary N) is 1. The lowest BCUT2D eigenvalue weighted by molar-refractivity contribution is -0.123. The van der Waals surface area contributed by atoms with Crippen molar-refractivity contribution in [3.05, 3.63) is 51.7 Å². The first-order valence-corrected chi connectivity index (χ1v) is 7.53. The Morgan fingerprint density at radius 2 is 1.86 bits per heavy atom. The van der Waals surface area contributed by atoms with Crippen molar-refractivity contribution in [2.45, 2.75) is 26.9 Å². The van der Waals surface area contributed by atoms with Gasteiger partial charge in [-0.05, 0) is 43.3 Å². The van der Waals surface area contributed by atoms with Gasteiger partial charge < -0.3 is 10.1 Å². The van der Waals surface area contributed by atoms with Crippen molar-refractivity contribution >= 4 is 28.9 Å². The maximum Gasteiger partial charge on any atom is 0.339 e. The lowest BCUT2D eigenvalue weighted by Crippen LogP contribution is -2.30. The fraction of sp³-hybridized carbons (Fsp3) is 0.250. The van der Waals surface area contributed by atoms with E-state index >= 15 is 0 Å². The van der Waals surface area contributed by atoms with Crippen LogP contribution in [0, 0.1) is 13.8 Å². The molecule has 0 fully saturated rings. The molecule has 1 N–H and O–H groups in total. The number of esters is 1. The number of hydrogen-bond donors (Lipinski definition) is 1. The standard InChI is InChI=1S/C16H17NO3S/c1-10-5-4-6-11(2)14(10)17-15(18)12(3)20-16(19)13-7-8-21-9-13/h4-9,12H,1-3H3,(H,17,18)/t12-/m1/s1. The van der Waals surface area contributed by atoms with Gasteiger partial charge in [-0.1, -0.05) is 18.2 Å². The van der Waals surface area contributed by atoms with Gasteiger partial charge in [0.15, 0.2) is 6.10 Å². The SMILES string of the molecule is Cc1cccc(C)c1NC(=O)[C@@H](C)OC(=O)c1ccsc1. The summed E-state index contributed by atoms with van der Waals surface area (Å²) in [5.74, 6) is -0.823. The van der Waals surface area contributed by atoms with Gasteiger partial charge in [0.25, 0.3) is 5.91 Å². The number of para-hydroxylation sites is 1. The minimum absolute atomic E-state index is 0.337. The van der Waals surface area contributed by atoms with Gasteiger partial charge in [0.05, 0.1) is 5.56 Å². The summed E-state index contributed by atoms with van der Waals surface area (Å²) in [6, 6.07) is 7.44. The van der Waals surface area contributed by atoms with Crippen molar-refractivity contribution in [2.75, 3.05) is 5.32 Å². The second-order valence-corrected chi connectivity index (χ2v) is 5.60. The van der Waals surface area contributed by atoms with Crippen LogP contribution in [0.1, 0.15) is 28.4 Å². The van der Waals surface area contributed by atoms with Crippen molar-refractivity contribution in [3.63, 3.8) is 0 Å². The normalized spacial score (nSPS) is 11.8. The molecule has 2 aromatic rings. The predicted molar refractivity (Wildman–Crippen MR) is 83.7 cm³/mol. The van der Waals surface area contributed by atoms with Crippen molar-refractivity contribution in [3.8, 4) is 0 Å². The summed E-state index contributed by atoms with van der Waals surface area (Å²) in [7, 11) is 0. The van der Waals surface area contributed by atoms with Gasteiger partial charge in [0, 0.05) is 11.1 Å². The maximum absolute atomic E-state index is 12.1. The van der Waals surface area contributed by atoms with Crippen LogP contribution in [0.15, 0.2) is 35.0 Å². The van der Waals surface area contributed by atoms with E-state index in [2.05, 4.69) is 5.32 Å². The summed E-state index contributed by atoms with van der Waals surface area (Å²) in [5, 5.41) is 6.30. The monoisotopic (exact) mass is 303 g/mol. The zero-order chi connectivity index (χ0) is 15.4. The highest BCUT2D eigenvalue weighted by Gasteiger charge is 2.20. The number of ether oxygens (including phenoxy) is 1. The molecule has 1 amide bonds. The fourth-order valence-electron chi connectivity index (χ4n) is 1.90. The van der Waals surface area contributed by atoms with E-state index in [4.69, 9.17) is 4.74 Å². The van der Waals surface area contributed by atoms with Crippen LogP contribution in [0.25, 0.3) is 0 Å². The molecule has 0 bridgehead atoms. The molecule has 1 aromatic heterocycles. The average Bonchev–Trinajstić information content (AvgIpc) is 2.97. The molecule has 0 saturated carbocycles. The van der Waals surface area contributed by atoms with E-state index in [1.54, 1.807) is 23.8 Å². The molecule has 0 radical (unpaired) electrons. The van der Waals surface area contributed by atoms with Gasteiger partial charge in [-0.2, -0.15) is 11.3 Å². The Morgan fingerprint density at radius 1 is 1.19 bits per heavy atom. The minimum atomic E-state index is -0.851. The molecule has 0 spiro atoms. The molecule has 5 heteroatoms. The number of amides is 1. The largest absolute Gasteiger partial charge is 0.449 e. The Bertz CT molecular complexity index is 629. The summed E-state index contributed by atoms with van der Waals surface area (Å²) in [6.07, 6.45) is -0.851. The van der Waals surface area contributed by atoms with Crippen molar-refractivity contribution in [1.29, 1.82) is 0 Å². The van der Waals surface area contributed by atoms with E-state index in [0.717, 1.165) is 16.8 Å². The third-order valence-corrected chi connectivity index (χ3v) is 3.82. The van der Waals surface area contributed by atoms with E-state index in [0.29, 0.717) is 5.56 Å². The van der Waals surface area contributed by atoms with E-state index in [-0.39, 0.29) is 5.91 Å². The number of thiophene rings is 1. The van der Waals surface area contributed by atoms with E-state index in [1.807, 2.05) is 32.0 Å². The van der Waals surface area contributed by atoms with Gasteiger partial charge >= 0.3 is 5.97 Å². The predicted octanol–water partition coefficient (Wildman–Crippen LogP) is 3.55. The molecular formula is C16H17NO3S. The van der Waals surface area contributed by atoms with Crippen LogP contribution in [0.5, 0.6) is 0 Å². The topological polar surface area (TPSA) is 55.4 Å². The highest BCUT2D eigenvalue weighted by atomic mass is 32.1. The first kappa shape index (κ1) is 15.3. The van der Waals surface area contributed by atoms with Gasteiger partial charge in [-0.25, -0.2) is 4.79 Å². The lowest BCUT2D eigenvalue weighted by Gasteiger charge is -2.16. The highest BCUT2D eigenvalue weighted by molar-refractivity contribution is 7.08. The number of anilines is 1. The van der Waals surface area contributed by atoms with E-state index in [9.17, 15) is 9.59 Å². The number of rotatable bonds is 4. The molecule has 0 saturated heterocycles. The first-order valence-electron chi connectivity index (χ1n) is 6.59. The summed E-state index contributed by atoms with van der Waals surface area (Å²) >= 11 is 1.41. The van der Waals surface area contributed by atoms with Crippen LogP contribution < -0.4 is 5.32 Å². The smallest absolute Gasteiger partial charge is 0.339 e. The fourth-order valence-corrected chi connectivity index (χ4v) is 2.52. The summed E-state index contributed by atoms with van der Waals surface area (Å²) in [5.41, 5.74) is 3.17. The Hall–Kier alpha value is -2.14. The molecule has 0 aliphatic rings. The van der Waals surface area contributed by atoms with E-state index in [1.165, 1.54) is 11.3 Å². The van der Waals surface area contributed by atoms with Gasteiger partial charge in [0.1, 0.15) is 0 Å². The quantitative estimate of drug-likeness (QED) is 0.879. The van der Waals surface area contributed by atoms with Gasteiger partial charge in [-0.15, -0.1) is 0 Å². The van der Waals surface area contributed by atoms with Gasteiger partial charge in [0.2, 0.25) is 0 Å². The first-order chi connectivity index (χ1) is 9.99. The summed E-state index contributed by atoms with van der Waals surface area (Å²) < 4.78 is 5.16. The van der Waals surface area contributed by atoms with Gasteiger partial charge in [-0.3, -0.25) is 4.79 Å². The van der Waals surface area contributed by atoms with Crippen molar-refractivity contribution in [1.82, 2.24) is 0 Å². The Balaban J connectivity index is 2.01. The number of carbonyl (C=O) groups is 2. The van der Waals surface area contributed by atoms with Crippen LogP contribution in [0.4, 0.5) is 5.69 Å². The molecule has 1 aromatic carbocycles. The molecule has 1 heterocycles. The Kier molecular flexibility index (Phi) is 4.75. The zero-order valence-electron chi connectivity index (χ0n) is 12.2. The number of benzene rings is 1. The minimum Gasteiger partial charge on any atom is -0.449 e. The third kappa shape index (κ3) is 3.70. The average molecular weight is 303 g/mol. The second kappa shape index (κ2) is 6.54. The van der Waals surface area contributed by atoms with Crippen LogP contribution >= 0.6 is 11.3 Å². The summed E-state index contributed by atoms with van der Waals surface area (Å²) in [6.45, 7) is 5.41. The van der Waals surface area contributed by atoms with Crippen LogP contribution in [-0.4, -0.2) is 18.0 Å². The Labute approximate surface area is 127 Å². The van der Waals surface area contributed by atoms with Crippen molar-refractivity contribution in [2.24, 2.45) is 0 Å². The molecule has 0 unspecified atom stereocenters. The lowest BCUT2D eigenvalue weighted by atomic mass is 10.1. The molecule has 110 valence electrons. The number of hydrogen-bond acceptors (Lipinski definition) is 4. The maximum atomic E-state index is 12.1. The molecule has 21 heavy (non-hydrogen) atoms. The molecule has 4 nitrogen and oxygen atoms in total. The molecule has 0 aliphatic heterocycles. The number of carbonyl (C=O) groups excluding carboxylic acids is 2. The van der Waals surface area contributed by atoms with Crippen LogP contribution in [0.3, 0.4) is 0 Å². The van der Waals surface area contributed by atoms with Crippen LogP contribution in [-0.2, 0) is 9.53 Å². The van der Waals surface area contributed by atoms with Crippen LogP contribution in [0.2, 0.25) is 0 Å². The molecule has 2 rings (SSSR count). The summed E-state index contributed by atoms with van der Waals surface area (Å²) in [4.78, 5) is 23.9. The molecule has 0 aliphatic carbocycles. The Morgan fingerprint density at radius 3 is 2.43 bits per heavy atom. The highest BCUT2D eigenvalue weighted by Crippen LogP contribution is 2.20.